The minimum absolute atomic E-state index is 0.232. The predicted octanol–water partition coefficient (Wildman–Crippen LogP) is 4.29. The second-order valence-corrected chi connectivity index (χ2v) is 11.4. The highest BCUT2D eigenvalue weighted by Crippen LogP contribution is 2.37. The van der Waals surface area contributed by atoms with Crippen LogP contribution in [0, 0.1) is 23.6 Å². The Bertz CT molecular complexity index is 1520. The number of aliphatic hydroxyl groups excluding tert-OH is 1. The van der Waals surface area contributed by atoms with Crippen molar-refractivity contribution in [3.8, 4) is 11.8 Å². The number of benzene rings is 3. The topological polar surface area (TPSA) is 92.2 Å². The molecule has 8 heteroatoms. The lowest BCUT2D eigenvalue weighted by Gasteiger charge is -2.25. The minimum atomic E-state index is -0.975. The molecule has 216 valence electrons. The molecular weight excluding hydrogens is 547 g/mol. The molecular formula is C34H36FN4O2S+. The Labute approximate surface area is 251 Å². The van der Waals surface area contributed by atoms with Crippen LogP contribution in [0.4, 0.5) is 10.1 Å². The number of halogens is 1. The lowest BCUT2D eigenvalue weighted by molar-refractivity contribution is -0.297. The van der Waals surface area contributed by atoms with Gasteiger partial charge in [0.25, 0.3) is 0 Å². The van der Waals surface area contributed by atoms with Crippen LogP contribution in [0.2, 0.25) is 0 Å². The van der Waals surface area contributed by atoms with Crippen molar-refractivity contribution in [3.05, 3.63) is 125 Å². The van der Waals surface area contributed by atoms with E-state index in [1.807, 2.05) is 68.7 Å². The lowest BCUT2D eigenvalue weighted by Crippen LogP contribution is -2.50. The number of quaternary nitrogens is 1. The second-order valence-electron chi connectivity index (χ2n) is 10.1. The van der Waals surface area contributed by atoms with Crippen LogP contribution in [0.25, 0.3) is 5.70 Å². The van der Waals surface area contributed by atoms with Gasteiger partial charge in [-0.2, -0.15) is 0 Å². The summed E-state index contributed by atoms with van der Waals surface area (Å²) in [5.74, 6) is 5.35. The summed E-state index contributed by atoms with van der Waals surface area (Å²) in [6, 6.07) is 24.1. The number of rotatable bonds is 10. The van der Waals surface area contributed by atoms with E-state index in [4.69, 9.17) is 0 Å². The molecule has 0 amide bonds. The molecule has 42 heavy (non-hydrogen) atoms. The SMILES string of the molecule is CNC(O)C#CC1C=C([NH3+])C(C(C=O)=C(Nc2ccc(CN(C)C)cc2)c2ccccc2)=CC1Sc1ccc(F)cc1. The van der Waals surface area contributed by atoms with Crippen molar-refractivity contribution < 1.29 is 20.0 Å². The summed E-state index contributed by atoms with van der Waals surface area (Å²) in [6.07, 6.45) is 3.80. The van der Waals surface area contributed by atoms with Gasteiger partial charge in [0.1, 0.15) is 11.5 Å². The van der Waals surface area contributed by atoms with Crippen molar-refractivity contribution in [2.45, 2.75) is 22.9 Å². The fraction of sp³-hybridized carbons (Fsp3) is 0.206. The molecule has 4 rings (SSSR count). The Kier molecular flexibility index (Phi) is 10.9. The summed E-state index contributed by atoms with van der Waals surface area (Å²) in [5.41, 5.74) is 9.64. The highest BCUT2D eigenvalue weighted by molar-refractivity contribution is 8.00. The molecule has 0 saturated heterocycles. The average molecular weight is 584 g/mol. The minimum Gasteiger partial charge on any atom is -0.367 e. The fourth-order valence-corrected chi connectivity index (χ4v) is 5.65. The smallest absolute Gasteiger partial charge is 0.168 e. The Morgan fingerprint density at radius 2 is 1.76 bits per heavy atom. The normalized spacial score (nSPS) is 17.8. The van der Waals surface area contributed by atoms with E-state index in [0.29, 0.717) is 22.5 Å². The van der Waals surface area contributed by atoms with Gasteiger partial charge in [0, 0.05) is 28.0 Å². The maximum absolute atomic E-state index is 13.6. The molecule has 0 heterocycles. The molecule has 0 aromatic heterocycles. The molecule has 6 N–H and O–H groups in total. The molecule has 1 aliphatic rings. The molecule has 3 aromatic rings. The number of hydrogen-bond donors (Lipinski definition) is 4. The zero-order valence-corrected chi connectivity index (χ0v) is 24.8. The number of carbonyl (C=O) groups is 1. The van der Waals surface area contributed by atoms with Crippen molar-refractivity contribution in [2.75, 3.05) is 26.5 Å². The monoisotopic (exact) mass is 583 g/mol. The van der Waals surface area contributed by atoms with E-state index in [1.54, 1.807) is 19.2 Å². The largest absolute Gasteiger partial charge is 0.367 e. The number of hydrogen-bond acceptors (Lipinski definition) is 6. The molecule has 3 unspecified atom stereocenters. The van der Waals surface area contributed by atoms with Gasteiger partial charge in [0.2, 0.25) is 0 Å². The van der Waals surface area contributed by atoms with Gasteiger partial charge in [-0.05, 0) is 74.7 Å². The van der Waals surface area contributed by atoms with Crippen LogP contribution >= 0.6 is 11.8 Å². The summed E-state index contributed by atoms with van der Waals surface area (Å²) < 4.78 is 13.6. The Morgan fingerprint density at radius 1 is 1.07 bits per heavy atom. The van der Waals surface area contributed by atoms with Crippen LogP contribution in [0.15, 0.2) is 113 Å². The Morgan fingerprint density at radius 3 is 2.38 bits per heavy atom. The van der Waals surface area contributed by atoms with Crippen molar-refractivity contribution >= 4 is 29.4 Å². The summed E-state index contributed by atoms with van der Waals surface area (Å²) in [4.78, 5) is 15.8. The number of aliphatic hydroxyl groups is 1. The first-order chi connectivity index (χ1) is 20.3. The molecule has 0 aliphatic heterocycles. The third-order valence-corrected chi connectivity index (χ3v) is 7.87. The van der Waals surface area contributed by atoms with Gasteiger partial charge in [0.05, 0.1) is 17.2 Å². The number of carbonyl (C=O) groups excluding carboxylic acids is 1. The van der Waals surface area contributed by atoms with E-state index in [0.717, 1.165) is 29.0 Å². The number of nitrogens with one attached hydrogen (secondary N) is 2. The molecule has 0 saturated carbocycles. The van der Waals surface area contributed by atoms with E-state index in [-0.39, 0.29) is 17.0 Å². The van der Waals surface area contributed by atoms with Crippen molar-refractivity contribution in [1.82, 2.24) is 10.2 Å². The highest BCUT2D eigenvalue weighted by atomic mass is 32.2. The van der Waals surface area contributed by atoms with Crippen LogP contribution in [0.5, 0.6) is 0 Å². The third kappa shape index (κ3) is 8.29. The number of anilines is 1. The standard InChI is InChI=1S/C34H35FN4O2S/c1-37-33(41)18-11-25-19-31(36)29(20-32(25)42-28-16-12-26(35)13-17-28)30(22-40)34(24-7-5-4-6-8-24)38-27-14-9-23(10-15-27)21-39(2)3/h4-10,12-17,19-20,22,25,32-33,37-38,41H,21,36H2,1-3H3/p+1. The first-order valence-electron chi connectivity index (χ1n) is 13.6. The van der Waals surface area contributed by atoms with Gasteiger partial charge in [-0.25, -0.2) is 4.39 Å². The van der Waals surface area contributed by atoms with Crippen molar-refractivity contribution in [2.24, 2.45) is 5.92 Å². The van der Waals surface area contributed by atoms with E-state index >= 15 is 0 Å². The van der Waals surface area contributed by atoms with Crippen molar-refractivity contribution in [3.63, 3.8) is 0 Å². The van der Waals surface area contributed by atoms with Crippen LogP contribution in [-0.2, 0) is 11.3 Å². The second kappa shape index (κ2) is 14.8. The van der Waals surface area contributed by atoms with Gasteiger partial charge in [-0.3, -0.25) is 10.1 Å². The van der Waals surface area contributed by atoms with Gasteiger partial charge in [-0.1, -0.05) is 60.4 Å². The first kappa shape index (κ1) is 31.0. The molecule has 3 aromatic carbocycles. The van der Waals surface area contributed by atoms with Gasteiger partial charge >= 0.3 is 0 Å². The summed E-state index contributed by atoms with van der Waals surface area (Å²) in [7, 11) is 5.68. The highest BCUT2D eigenvalue weighted by Gasteiger charge is 2.29. The van der Waals surface area contributed by atoms with E-state index < -0.39 is 6.23 Å². The number of thioether (sulfide) groups is 1. The molecule has 6 nitrogen and oxygen atoms in total. The van der Waals surface area contributed by atoms with Crippen LogP contribution in [-0.4, -0.2) is 48.9 Å². The zero-order valence-electron chi connectivity index (χ0n) is 24.0. The molecule has 0 bridgehead atoms. The predicted molar refractivity (Wildman–Crippen MR) is 168 cm³/mol. The van der Waals surface area contributed by atoms with Gasteiger partial charge in [0.15, 0.2) is 12.5 Å². The van der Waals surface area contributed by atoms with Gasteiger partial charge in [-0.15, -0.1) is 11.8 Å². The number of nitrogens with zero attached hydrogens (tertiary/aromatic N) is 1. The van der Waals surface area contributed by atoms with E-state index in [9.17, 15) is 14.3 Å². The summed E-state index contributed by atoms with van der Waals surface area (Å²) in [5, 5.41) is 16.0. The summed E-state index contributed by atoms with van der Waals surface area (Å²) in [6.45, 7) is 0.826. The first-order valence-corrected chi connectivity index (χ1v) is 14.5. The quantitative estimate of drug-likeness (QED) is 0.123. The Balaban J connectivity index is 1.79. The van der Waals surface area contributed by atoms with Crippen LogP contribution < -0.4 is 16.4 Å². The van der Waals surface area contributed by atoms with E-state index in [2.05, 4.69) is 45.2 Å². The van der Waals surface area contributed by atoms with Crippen LogP contribution in [0.3, 0.4) is 0 Å². The fourth-order valence-electron chi connectivity index (χ4n) is 4.55. The Hall–Kier alpha value is -3.97. The van der Waals surface area contributed by atoms with Crippen LogP contribution in [0.1, 0.15) is 11.1 Å². The molecule has 3 atom stereocenters. The van der Waals surface area contributed by atoms with E-state index in [1.165, 1.54) is 29.5 Å². The third-order valence-electron chi connectivity index (χ3n) is 6.62. The van der Waals surface area contributed by atoms with Gasteiger partial charge < -0.3 is 21.1 Å². The van der Waals surface area contributed by atoms with Crippen molar-refractivity contribution in [1.29, 1.82) is 0 Å². The molecule has 0 spiro atoms. The number of aldehydes is 1. The average Bonchev–Trinajstić information content (AvgIpc) is 2.99. The lowest BCUT2D eigenvalue weighted by atomic mass is 9.88. The molecule has 0 fully saturated rings. The molecule has 0 radical (unpaired) electrons. The number of allylic oxidation sites excluding steroid dienone is 2. The maximum Gasteiger partial charge on any atom is 0.168 e. The zero-order chi connectivity index (χ0) is 30.1. The summed E-state index contributed by atoms with van der Waals surface area (Å²) >= 11 is 1.51. The maximum atomic E-state index is 13.6. The molecule has 1 aliphatic carbocycles.